The Morgan fingerprint density at radius 1 is 0.590 bits per heavy atom. The SMILES string of the molecule is O=P(c1c(-c2ccccc2)cc(O)c2ccccc12)(C12CC3CC(CC(C3)C1)C2)C12CC3CC(CC(C3)C1)C2. The van der Waals surface area contributed by atoms with Gasteiger partial charge in [-0.05, 0) is 135 Å². The van der Waals surface area contributed by atoms with Gasteiger partial charge in [-0.1, -0.05) is 54.6 Å². The first kappa shape index (κ1) is 23.6. The summed E-state index contributed by atoms with van der Waals surface area (Å²) in [5.41, 5.74) is 2.17. The molecule has 39 heavy (non-hydrogen) atoms. The van der Waals surface area contributed by atoms with Crippen LogP contribution in [0.4, 0.5) is 0 Å². The third-order valence-electron chi connectivity index (χ3n) is 12.7. The second kappa shape index (κ2) is 8.03. The van der Waals surface area contributed by atoms with Crippen LogP contribution >= 0.6 is 7.14 Å². The van der Waals surface area contributed by atoms with E-state index in [0.717, 1.165) is 57.4 Å². The normalized spacial score (nSPS) is 41.2. The molecule has 8 fully saturated rings. The lowest BCUT2D eigenvalue weighted by molar-refractivity contribution is 0.0146. The number of phenolic OH excluding ortho intramolecular Hbond substituents is 1. The third-order valence-corrected chi connectivity index (χ3v) is 17.6. The highest BCUT2D eigenvalue weighted by Crippen LogP contribution is 2.83. The molecule has 0 atom stereocenters. The van der Waals surface area contributed by atoms with Crippen LogP contribution < -0.4 is 5.30 Å². The van der Waals surface area contributed by atoms with Gasteiger partial charge in [-0.15, -0.1) is 0 Å². The summed E-state index contributed by atoms with van der Waals surface area (Å²) in [4.78, 5) is 0. The molecule has 8 aliphatic rings. The molecule has 2 nitrogen and oxygen atoms in total. The van der Waals surface area contributed by atoms with Crippen molar-refractivity contribution in [2.45, 2.75) is 87.4 Å². The second-order valence-corrected chi connectivity index (χ2v) is 18.7. The van der Waals surface area contributed by atoms with Crippen molar-refractivity contribution in [3.63, 3.8) is 0 Å². The zero-order chi connectivity index (χ0) is 26.0. The number of phenols is 1. The predicted molar refractivity (Wildman–Crippen MR) is 160 cm³/mol. The van der Waals surface area contributed by atoms with Gasteiger partial charge in [-0.25, -0.2) is 0 Å². The van der Waals surface area contributed by atoms with Crippen LogP contribution in [0.25, 0.3) is 21.9 Å². The maximum absolute atomic E-state index is 17.4. The molecule has 0 heterocycles. The Bertz CT molecular complexity index is 1400. The Labute approximate surface area is 233 Å². The van der Waals surface area contributed by atoms with E-state index in [1.165, 1.54) is 82.4 Å². The van der Waals surface area contributed by atoms with Crippen molar-refractivity contribution in [1.29, 1.82) is 0 Å². The average Bonchev–Trinajstić information content (AvgIpc) is 2.91. The van der Waals surface area contributed by atoms with Gasteiger partial charge in [0.15, 0.2) is 0 Å². The summed E-state index contributed by atoms with van der Waals surface area (Å²) in [6.07, 6.45) is 15.4. The molecule has 0 unspecified atom stereocenters. The monoisotopic (exact) mass is 536 g/mol. The molecular weight excluding hydrogens is 495 g/mol. The lowest BCUT2D eigenvalue weighted by Gasteiger charge is -2.67. The molecule has 3 aromatic carbocycles. The molecule has 0 saturated heterocycles. The highest BCUT2D eigenvalue weighted by atomic mass is 31.2. The van der Waals surface area contributed by atoms with Gasteiger partial charge >= 0.3 is 0 Å². The molecule has 11 rings (SSSR count). The Balaban J connectivity index is 1.39. The van der Waals surface area contributed by atoms with Crippen molar-refractivity contribution < 1.29 is 9.67 Å². The van der Waals surface area contributed by atoms with E-state index in [1.807, 2.05) is 12.1 Å². The van der Waals surface area contributed by atoms with Crippen LogP contribution in [-0.4, -0.2) is 15.4 Å². The van der Waals surface area contributed by atoms with Gasteiger partial charge in [-0.3, -0.25) is 0 Å². The van der Waals surface area contributed by atoms with E-state index >= 15 is 4.57 Å². The van der Waals surface area contributed by atoms with E-state index in [2.05, 4.69) is 48.5 Å². The number of hydrogen-bond donors (Lipinski definition) is 1. The molecule has 0 amide bonds. The Hall–Kier alpha value is -2.05. The molecule has 0 aromatic heterocycles. The number of fused-ring (bicyclic) bond motifs is 1. The van der Waals surface area contributed by atoms with E-state index < -0.39 is 7.14 Å². The molecule has 8 bridgehead atoms. The number of aromatic hydroxyl groups is 1. The van der Waals surface area contributed by atoms with E-state index in [-0.39, 0.29) is 10.3 Å². The van der Waals surface area contributed by atoms with Crippen LogP contribution in [0.1, 0.15) is 77.0 Å². The van der Waals surface area contributed by atoms with Crippen molar-refractivity contribution >= 4 is 23.2 Å². The smallest absolute Gasteiger partial charge is 0.128 e. The van der Waals surface area contributed by atoms with Gasteiger partial charge in [0.05, 0.1) is 0 Å². The number of benzene rings is 3. The Morgan fingerprint density at radius 2 is 1.00 bits per heavy atom. The molecule has 0 aliphatic heterocycles. The summed E-state index contributed by atoms with van der Waals surface area (Å²) >= 11 is 0. The van der Waals surface area contributed by atoms with Crippen molar-refractivity contribution in [2.75, 3.05) is 0 Å². The van der Waals surface area contributed by atoms with Crippen LogP contribution in [0.2, 0.25) is 0 Å². The summed E-state index contributed by atoms with van der Waals surface area (Å²) in [7, 11) is -2.95. The Kier molecular flexibility index (Phi) is 4.87. The first-order valence-electron chi connectivity index (χ1n) is 15.9. The summed E-state index contributed by atoms with van der Waals surface area (Å²) in [5, 5.41) is 14.4. The molecule has 202 valence electrons. The largest absolute Gasteiger partial charge is 0.507 e. The van der Waals surface area contributed by atoms with Gasteiger partial charge in [0.25, 0.3) is 0 Å². The fraction of sp³-hybridized carbons (Fsp3) is 0.556. The van der Waals surface area contributed by atoms with Crippen LogP contribution in [0.15, 0.2) is 60.7 Å². The predicted octanol–water partition coefficient (Wildman–Crippen LogP) is 9.14. The third kappa shape index (κ3) is 3.14. The minimum atomic E-state index is -2.95. The summed E-state index contributed by atoms with van der Waals surface area (Å²) in [6, 6.07) is 21.0. The summed E-state index contributed by atoms with van der Waals surface area (Å²) in [5.74, 6) is 4.92. The quantitative estimate of drug-likeness (QED) is 0.338. The van der Waals surface area contributed by atoms with Gasteiger partial charge in [0.2, 0.25) is 0 Å². The van der Waals surface area contributed by atoms with E-state index in [1.54, 1.807) is 0 Å². The fourth-order valence-corrected chi connectivity index (χ4v) is 18.5. The summed E-state index contributed by atoms with van der Waals surface area (Å²) < 4.78 is 17.4. The maximum atomic E-state index is 17.4. The van der Waals surface area contributed by atoms with Gasteiger partial charge in [-0.2, -0.15) is 0 Å². The second-order valence-electron chi connectivity index (χ2n) is 15.1. The standard InChI is InChI=1S/C36H41O2P/c37-33-16-32(29-6-2-1-3-7-29)34(31-9-5-4-8-30(31)33)39(38,35-17-23-10-24(18-35)12-25(11-23)19-35)36-20-26-13-27(21-36)15-28(14-26)22-36/h1-9,16,23-28,37H,10-15,17-22H2. The molecule has 3 aromatic rings. The zero-order valence-electron chi connectivity index (χ0n) is 23.0. The number of rotatable bonds is 4. The number of hydrogen-bond acceptors (Lipinski definition) is 2. The van der Waals surface area contributed by atoms with Crippen LogP contribution in [0, 0.1) is 35.5 Å². The van der Waals surface area contributed by atoms with Crippen molar-refractivity contribution in [3.8, 4) is 16.9 Å². The van der Waals surface area contributed by atoms with Gasteiger partial charge < -0.3 is 9.67 Å². The van der Waals surface area contributed by atoms with E-state index in [0.29, 0.717) is 5.75 Å². The lowest BCUT2D eigenvalue weighted by atomic mass is 9.55. The highest BCUT2D eigenvalue weighted by molar-refractivity contribution is 7.75. The minimum absolute atomic E-state index is 0.0588. The highest BCUT2D eigenvalue weighted by Gasteiger charge is 2.69. The zero-order valence-corrected chi connectivity index (χ0v) is 23.9. The molecule has 0 spiro atoms. The van der Waals surface area contributed by atoms with Crippen LogP contribution in [-0.2, 0) is 4.57 Å². The molecular formula is C36H41O2P. The topological polar surface area (TPSA) is 37.3 Å². The first-order chi connectivity index (χ1) is 19.0. The van der Waals surface area contributed by atoms with E-state index in [4.69, 9.17) is 0 Å². The molecule has 8 saturated carbocycles. The van der Waals surface area contributed by atoms with Crippen molar-refractivity contribution in [2.24, 2.45) is 35.5 Å². The molecule has 1 N–H and O–H groups in total. The molecule has 8 aliphatic carbocycles. The van der Waals surface area contributed by atoms with Crippen molar-refractivity contribution in [3.05, 3.63) is 60.7 Å². The minimum Gasteiger partial charge on any atom is -0.507 e. The van der Waals surface area contributed by atoms with Crippen LogP contribution in [0.5, 0.6) is 5.75 Å². The van der Waals surface area contributed by atoms with E-state index in [9.17, 15) is 5.11 Å². The first-order valence-corrected chi connectivity index (χ1v) is 17.6. The lowest BCUT2D eigenvalue weighted by Crippen LogP contribution is -2.59. The summed E-state index contributed by atoms with van der Waals surface area (Å²) in [6.45, 7) is 0. The molecule has 3 heteroatoms. The van der Waals surface area contributed by atoms with Crippen molar-refractivity contribution in [1.82, 2.24) is 0 Å². The van der Waals surface area contributed by atoms with Gasteiger partial charge in [0.1, 0.15) is 12.9 Å². The van der Waals surface area contributed by atoms with Gasteiger partial charge in [0, 0.05) is 21.0 Å². The Morgan fingerprint density at radius 3 is 1.46 bits per heavy atom. The maximum Gasteiger partial charge on any atom is 0.128 e. The fourth-order valence-electron chi connectivity index (χ4n) is 12.4. The average molecular weight is 537 g/mol. The van der Waals surface area contributed by atoms with Crippen LogP contribution in [0.3, 0.4) is 0 Å². The molecule has 0 radical (unpaired) electrons.